The average molecular weight is 455 g/mol. The molecule has 1 amide bonds. The van der Waals surface area contributed by atoms with E-state index < -0.39 is 10.0 Å². The Balaban J connectivity index is 1.80. The molecule has 0 fully saturated rings. The summed E-state index contributed by atoms with van der Waals surface area (Å²) in [7, 11) is 0.942. The normalized spacial score (nSPS) is 11.0. The van der Waals surface area contributed by atoms with Crippen LogP contribution in [-0.2, 0) is 16.6 Å². The van der Waals surface area contributed by atoms with Gasteiger partial charge in [-0.25, -0.2) is 8.42 Å². The smallest absolute Gasteiger partial charge is 0.261 e. The van der Waals surface area contributed by atoms with Gasteiger partial charge in [-0.3, -0.25) is 9.52 Å². The summed E-state index contributed by atoms with van der Waals surface area (Å²) in [6.07, 6.45) is 0. The van der Waals surface area contributed by atoms with Gasteiger partial charge in [0.1, 0.15) is 11.5 Å². The molecule has 0 saturated heterocycles. The summed E-state index contributed by atoms with van der Waals surface area (Å²) < 4.78 is 38.5. The van der Waals surface area contributed by atoms with Crippen molar-refractivity contribution >= 4 is 21.6 Å². The van der Waals surface area contributed by atoms with Crippen molar-refractivity contribution in [2.45, 2.75) is 18.4 Å². The van der Waals surface area contributed by atoms with Crippen molar-refractivity contribution in [2.24, 2.45) is 0 Å². The molecule has 0 aromatic heterocycles. The lowest BCUT2D eigenvalue weighted by Crippen LogP contribution is -2.27. The Labute approximate surface area is 188 Å². The zero-order valence-corrected chi connectivity index (χ0v) is 19.3. The third-order valence-electron chi connectivity index (χ3n) is 5.02. The van der Waals surface area contributed by atoms with Gasteiger partial charge in [-0.05, 0) is 66.6 Å². The SMILES string of the molecule is COc1ccc(CN(C)C(=O)c2cc(S(=O)(=O)Nc3ccc(OC)cc3)ccc2C)cc1. The van der Waals surface area contributed by atoms with Gasteiger partial charge in [0.15, 0.2) is 0 Å². The molecule has 32 heavy (non-hydrogen) atoms. The molecule has 0 aliphatic carbocycles. The molecule has 0 radical (unpaired) electrons. The molecule has 0 unspecified atom stereocenters. The van der Waals surface area contributed by atoms with Crippen molar-refractivity contribution in [3.8, 4) is 11.5 Å². The van der Waals surface area contributed by atoms with Crippen LogP contribution in [0.1, 0.15) is 21.5 Å². The number of aryl methyl sites for hydroxylation is 1. The first-order chi connectivity index (χ1) is 15.2. The zero-order valence-electron chi connectivity index (χ0n) is 18.5. The molecular formula is C24H26N2O5S. The van der Waals surface area contributed by atoms with Crippen LogP contribution in [0.4, 0.5) is 5.69 Å². The molecule has 168 valence electrons. The third kappa shape index (κ3) is 5.39. The van der Waals surface area contributed by atoms with Crippen molar-refractivity contribution < 1.29 is 22.7 Å². The second-order valence-corrected chi connectivity index (χ2v) is 9.00. The largest absolute Gasteiger partial charge is 0.497 e. The Kier molecular flexibility index (Phi) is 7.05. The standard InChI is InChI=1S/C24H26N2O5S/c1-17-5-14-22(32(28,29)25-19-8-12-21(31-4)13-9-19)15-23(17)24(27)26(2)16-18-6-10-20(30-3)11-7-18/h5-15,25H,16H2,1-4H3. The van der Waals surface area contributed by atoms with E-state index in [1.54, 1.807) is 56.3 Å². The highest BCUT2D eigenvalue weighted by Gasteiger charge is 2.20. The molecule has 0 aliphatic rings. The molecular weight excluding hydrogens is 428 g/mol. The minimum atomic E-state index is -3.87. The summed E-state index contributed by atoms with van der Waals surface area (Å²) >= 11 is 0. The van der Waals surface area contributed by atoms with Gasteiger partial charge in [-0.15, -0.1) is 0 Å². The lowest BCUT2D eigenvalue weighted by atomic mass is 10.1. The molecule has 0 saturated carbocycles. The molecule has 0 atom stereocenters. The van der Waals surface area contributed by atoms with Crippen LogP contribution in [0, 0.1) is 6.92 Å². The molecule has 7 nitrogen and oxygen atoms in total. The highest BCUT2D eigenvalue weighted by molar-refractivity contribution is 7.92. The summed E-state index contributed by atoms with van der Waals surface area (Å²) in [5.41, 5.74) is 2.36. The van der Waals surface area contributed by atoms with E-state index in [0.717, 1.165) is 11.3 Å². The van der Waals surface area contributed by atoms with Crippen molar-refractivity contribution in [1.29, 1.82) is 0 Å². The number of amides is 1. The average Bonchev–Trinajstić information content (AvgIpc) is 2.79. The van der Waals surface area contributed by atoms with Gasteiger partial charge < -0.3 is 14.4 Å². The van der Waals surface area contributed by atoms with E-state index in [1.165, 1.54) is 19.2 Å². The van der Waals surface area contributed by atoms with E-state index in [4.69, 9.17) is 9.47 Å². The summed E-state index contributed by atoms with van der Waals surface area (Å²) in [6, 6.07) is 18.5. The summed E-state index contributed by atoms with van der Waals surface area (Å²) in [5.74, 6) is 1.09. The van der Waals surface area contributed by atoms with Crippen molar-refractivity contribution in [1.82, 2.24) is 4.90 Å². The maximum absolute atomic E-state index is 13.1. The van der Waals surface area contributed by atoms with Crippen molar-refractivity contribution in [3.05, 3.63) is 83.4 Å². The Morgan fingerprint density at radius 2 is 1.47 bits per heavy atom. The topological polar surface area (TPSA) is 84.9 Å². The fourth-order valence-corrected chi connectivity index (χ4v) is 4.24. The van der Waals surface area contributed by atoms with E-state index in [1.807, 2.05) is 24.3 Å². The number of ether oxygens (including phenoxy) is 2. The van der Waals surface area contributed by atoms with Gasteiger partial charge >= 0.3 is 0 Å². The molecule has 0 aliphatic heterocycles. The van der Waals surface area contributed by atoms with E-state index in [9.17, 15) is 13.2 Å². The first kappa shape index (κ1) is 23.1. The van der Waals surface area contributed by atoms with E-state index in [-0.39, 0.29) is 10.8 Å². The predicted molar refractivity (Wildman–Crippen MR) is 124 cm³/mol. The van der Waals surface area contributed by atoms with Crippen LogP contribution in [0.25, 0.3) is 0 Å². The van der Waals surface area contributed by atoms with Crippen LogP contribution >= 0.6 is 0 Å². The minimum Gasteiger partial charge on any atom is -0.497 e. The first-order valence-electron chi connectivity index (χ1n) is 9.89. The second-order valence-electron chi connectivity index (χ2n) is 7.32. The minimum absolute atomic E-state index is 0.0140. The fraction of sp³-hybridized carbons (Fsp3) is 0.208. The van der Waals surface area contributed by atoms with E-state index >= 15 is 0 Å². The van der Waals surface area contributed by atoms with Gasteiger partial charge in [0.2, 0.25) is 0 Å². The molecule has 0 heterocycles. The number of hydrogen-bond acceptors (Lipinski definition) is 5. The number of carbonyl (C=O) groups excluding carboxylic acids is 1. The summed E-state index contributed by atoms with van der Waals surface area (Å²) in [6.45, 7) is 2.16. The van der Waals surface area contributed by atoms with Gasteiger partial charge in [0.05, 0.1) is 19.1 Å². The van der Waals surface area contributed by atoms with Gasteiger partial charge in [-0.2, -0.15) is 0 Å². The second kappa shape index (κ2) is 9.74. The van der Waals surface area contributed by atoms with Gasteiger partial charge in [-0.1, -0.05) is 18.2 Å². The van der Waals surface area contributed by atoms with Crippen LogP contribution in [0.15, 0.2) is 71.6 Å². The number of hydrogen-bond donors (Lipinski definition) is 1. The predicted octanol–water partition coefficient (Wildman–Crippen LogP) is 4.09. The van der Waals surface area contributed by atoms with E-state index in [2.05, 4.69) is 4.72 Å². The molecule has 0 bridgehead atoms. The highest BCUT2D eigenvalue weighted by Crippen LogP contribution is 2.22. The molecule has 8 heteroatoms. The number of rotatable bonds is 8. The Morgan fingerprint density at radius 1 is 0.906 bits per heavy atom. The van der Waals surface area contributed by atoms with Crippen LogP contribution in [0.2, 0.25) is 0 Å². The molecule has 3 rings (SSSR count). The van der Waals surface area contributed by atoms with Crippen LogP contribution in [-0.4, -0.2) is 40.5 Å². The number of nitrogens with zero attached hydrogens (tertiary/aromatic N) is 1. The number of anilines is 1. The Morgan fingerprint density at radius 3 is 2.03 bits per heavy atom. The molecule has 3 aromatic carbocycles. The van der Waals surface area contributed by atoms with Crippen LogP contribution in [0.3, 0.4) is 0 Å². The van der Waals surface area contributed by atoms with Crippen LogP contribution < -0.4 is 14.2 Å². The lowest BCUT2D eigenvalue weighted by molar-refractivity contribution is 0.0784. The van der Waals surface area contributed by atoms with Crippen molar-refractivity contribution in [2.75, 3.05) is 26.0 Å². The Bertz CT molecular complexity index is 1190. The van der Waals surface area contributed by atoms with Crippen LogP contribution in [0.5, 0.6) is 11.5 Å². The van der Waals surface area contributed by atoms with Gasteiger partial charge in [0, 0.05) is 24.8 Å². The zero-order chi connectivity index (χ0) is 23.3. The quantitative estimate of drug-likeness (QED) is 0.554. The first-order valence-corrected chi connectivity index (χ1v) is 11.4. The Hall–Kier alpha value is -3.52. The number of methoxy groups -OCH3 is 2. The lowest BCUT2D eigenvalue weighted by Gasteiger charge is -2.19. The number of nitrogens with one attached hydrogen (secondary N) is 1. The van der Waals surface area contributed by atoms with Gasteiger partial charge in [0.25, 0.3) is 15.9 Å². The molecule has 1 N–H and O–H groups in total. The number of benzene rings is 3. The fourth-order valence-electron chi connectivity index (χ4n) is 3.15. The number of sulfonamides is 1. The maximum Gasteiger partial charge on any atom is 0.261 e. The van der Waals surface area contributed by atoms with Crippen molar-refractivity contribution in [3.63, 3.8) is 0 Å². The molecule has 0 spiro atoms. The van der Waals surface area contributed by atoms with E-state index in [0.29, 0.717) is 29.1 Å². The number of carbonyl (C=O) groups is 1. The molecule has 3 aromatic rings. The maximum atomic E-state index is 13.1. The summed E-state index contributed by atoms with van der Waals surface area (Å²) in [4.78, 5) is 14.6. The highest BCUT2D eigenvalue weighted by atomic mass is 32.2. The summed E-state index contributed by atoms with van der Waals surface area (Å²) in [5, 5.41) is 0. The monoisotopic (exact) mass is 454 g/mol. The third-order valence-corrected chi connectivity index (χ3v) is 6.40.